The third-order valence-corrected chi connectivity index (χ3v) is 3.90. The maximum Gasteiger partial charge on any atom is 0.328 e. The molecule has 1 rings (SSSR count). The Morgan fingerprint density at radius 3 is 2.19 bits per heavy atom. The van der Waals surface area contributed by atoms with Crippen molar-refractivity contribution in [2.45, 2.75) is 24.8 Å². The molecule has 4 amide bonds. The van der Waals surface area contributed by atoms with Crippen LogP contribution < -0.4 is 21.7 Å². The quantitative estimate of drug-likeness (QED) is 0.156. The van der Waals surface area contributed by atoms with Gasteiger partial charge in [0.15, 0.2) is 0 Å². The lowest BCUT2D eigenvalue weighted by Crippen LogP contribution is -2.54. The van der Waals surface area contributed by atoms with Gasteiger partial charge in [0.2, 0.25) is 17.7 Å². The molecule has 1 unspecified atom stereocenters. The molecule has 0 aliphatic rings. The average molecular weight is 444 g/mol. The topological polar surface area (TPSA) is 205 Å². The summed E-state index contributed by atoms with van der Waals surface area (Å²) in [4.78, 5) is 68.7. The standard InChI is InChI=1S/C19H21BN4O8/c20-16(17(21)30)24-19(32)12(6-8-15(28)29)23-13(25)9-22-18(31)11-4-1-10(2-5-11)3-7-14(26)27/h1-5,7,12,16H,6,8-9H2,(H2,21,30)(H,22,31)(H,23,25)(H,24,32)(H,26,27)(H,28,29)/b7-3+/t12-,16?/m0/s1. The molecule has 0 aromatic heterocycles. The summed E-state index contributed by atoms with van der Waals surface area (Å²) in [6, 6.07) is 4.51. The van der Waals surface area contributed by atoms with Crippen LogP contribution in [0.4, 0.5) is 0 Å². The summed E-state index contributed by atoms with van der Waals surface area (Å²) in [5, 5.41) is 24.0. The number of amides is 4. The summed E-state index contributed by atoms with van der Waals surface area (Å²) >= 11 is 0. The fourth-order valence-corrected chi connectivity index (χ4v) is 2.28. The molecule has 2 atom stereocenters. The Morgan fingerprint density at radius 1 is 1.03 bits per heavy atom. The zero-order valence-corrected chi connectivity index (χ0v) is 16.7. The van der Waals surface area contributed by atoms with Gasteiger partial charge < -0.3 is 31.9 Å². The molecule has 32 heavy (non-hydrogen) atoms. The van der Waals surface area contributed by atoms with Gasteiger partial charge >= 0.3 is 11.9 Å². The van der Waals surface area contributed by atoms with Crippen molar-refractivity contribution in [1.29, 1.82) is 0 Å². The number of carboxylic acid groups (broad SMARTS) is 2. The van der Waals surface area contributed by atoms with E-state index in [4.69, 9.17) is 23.8 Å². The van der Waals surface area contributed by atoms with Crippen LogP contribution in [0.3, 0.4) is 0 Å². The molecule has 0 spiro atoms. The first-order valence-electron chi connectivity index (χ1n) is 9.15. The van der Waals surface area contributed by atoms with E-state index >= 15 is 0 Å². The number of carboxylic acids is 2. The van der Waals surface area contributed by atoms with Crippen molar-refractivity contribution >= 4 is 49.5 Å². The zero-order chi connectivity index (χ0) is 24.3. The molecule has 0 heterocycles. The smallest absolute Gasteiger partial charge is 0.328 e. The molecule has 0 saturated heterocycles. The highest BCUT2D eigenvalue weighted by molar-refractivity contribution is 6.24. The first-order valence-corrected chi connectivity index (χ1v) is 9.15. The second-order valence-corrected chi connectivity index (χ2v) is 6.42. The van der Waals surface area contributed by atoms with Gasteiger partial charge in [0.1, 0.15) is 13.9 Å². The largest absolute Gasteiger partial charge is 0.481 e. The highest BCUT2D eigenvalue weighted by Crippen LogP contribution is 2.06. The Balaban J connectivity index is 2.67. The van der Waals surface area contributed by atoms with Crippen molar-refractivity contribution < 1.29 is 39.0 Å². The lowest BCUT2D eigenvalue weighted by molar-refractivity contribution is -0.138. The Kier molecular flexibility index (Phi) is 10.1. The van der Waals surface area contributed by atoms with Gasteiger partial charge in [0, 0.05) is 18.1 Å². The van der Waals surface area contributed by atoms with Crippen LogP contribution in [-0.4, -0.2) is 72.2 Å². The van der Waals surface area contributed by atoms with Crippen molar-refractivity contribution in [2.24, 2.45) is 5.73 Å². The normalized spacial score (nSPS) is 12.4. The maximum atomic E-state index is 12.2. The van der Waals surface area contributed by atoms with Gasteiger partial charge in [-0.1, -0.05) is 12.1 Å². The first-order chi connectivity index (χ1) is 15.0. The number of nitrogens with one attached hydrogen (secondary N) is 3. The van der Waals surface area contributed by atoms with Crippen LogP contribution in [0, 0.1) is 0 Å². The molecule has 13 heteroatoms. The lowest BCUT2D eigenvalue weighted by atomic mass is 9.95. The number of primary amides is 1. The molecule has 0 bridgehead atoms. The van der Waals surface area contributed by atoms with Crippen molar-refractivity contribution in [3.05, 3.63) is 41.5 Å². The second-order valence-electron chi connectivity index (χ2n) is 6.42. The van der Waals surface area contributed by atoms with Crippen LogP contribution in [0.1, 0.15) is 28.8 Å². The molecule has 0 aliphatic heterocycles. The van der Waals surface area contributed by atoms with Gasteiger partial charge in [0.25, 0.3) is 5.91 Å². The van der Waals surface area contributed by atoms with Gasteiger partial charge in [-0.2, -0.15) is 0 Å². The van der Waals surface area contributed by atoms with E-state index in [0.717, 1.165) is 6.08 Å². The molecule has 7 N–H and O–H groups in total. The number of nitrogens with two attached hydrogens (primary N) is 1. The van der Waals surface area contributed by atoms with Crippen LogP contribution in [0.25, 0.3) is 6.08 Å². The molecular weight excluding hydrogens is 423 g/mol. The van der Waals surface area contributed by atoms with Crippen LogP contribution in [0.2, 0.25) is 0 Å². The van der Waals surface area contributed by atoms with E-state index < -0.39 is 60.5 Å². The van der Waals surface area contributed by atoms with E-state index in [-0.39, 0.29) is 12.0 Å². The number of rotatable bonds is 12. The monoisotopic (exact) mass is 444 g/mol. The molecule has 0 fully saturated rings. The summed E-state index contributed by atoms with van der Waals surface area (Å²) in [5.74, 6) is -7.22. The molecule has 12 nitrogen and oxygen atoms in total. The van der Waals surface area contributed by atoms with E-state index in [0.29, 0.717) is 5.56 Å². The average Bonchev–Trinajstić information content (AvgIpc) is 2.73. The summed E-state index contributed by atoms with van der Waals surface area (Å²) in [5.41, 5.74) is 5.68. The van der Waals surface area contributed by atoms with Gasteiger partial charge in [-0.3, -0.25) is 24.0 Å². The van der Waals surface area contributed by atoms with Crippen LogP contribution in [0.15, 0.2) is 30.3 Å². The molecule has 168 valence electrons. The third kappa shape index (κ3) is 9.56. The number of carbonyl (C=O) groups is 6. The fourth-order valence-electron chi connectivity index (χ4n) is 2.28. The molecule has 2 radical (unpaired) electrons. The summed E-state index contributed by atoms with van der Waals surface area (Å²) in [6.45, 7) is -0.530. The number of hydrogen-bond acceptors (Lipinski definition) is 6. The van der Waals surface area contributed by atoms with E-state index in [2.05, 4.69) is 10.6 Å². The Labute approximate surface area is 183 Å². The van der Waals surface area contributed by atoms with Crippen molar-refractivity contribution in [3.8, 4) is 0 Å². The highest BCUT2D eigenvalue weighted by atomic mass is 16.4. The predicted octanol–water partition coefficient (Wildman–Crippen LogP) is -2.04. The number of hydrogen-bond donors (Lipinski definition) is 6. The van der Waals surface area contributed by atoms with Gasteiger partial charge in [-0.15, -0.1) is 0 Å². The lowest BCUT2D eigenvalue weighted by Gasteiger charge is -2.20. The van der Waals surface area contributed by atoms with Crippen LogP contribution >= 0.6 is 0 Å². The SMILES string of the molecule is [B]C(NC(=O)[C@H](CCC(=O)O)NC(=O)CNC(=O)c1ccc(/C=C/C(=O)O)cc1)C(N)=O. The minimum absolute atomic E-state index is 0.192. The molecule has 1 aromatic carbocycles. The van der Waals surface area contributed by atoms with Crippen LogP contribution in [-0.2, 0) is 24.0 Å². The summed E-state index contributed by atoms with van der Waals surface area (Å²) in [6.07, 6.45) is 1.52. The number of aliphatic carboxylic acids is 2. The van der Waals surface area contributed by atoms with Crippen molar-refractivity contribution in [1.82, 2.24) is 16.0 Å². The van der Waals surface area contributed by atoms with Gasteiger partial charge in [-0.05, 0) is 30.2 Å². The summed E-state index contributed by atoms with van der Waals surface area (Å²) < 4.78 is 0. The van der Waals surface area contributed by atoms with Crippen LogP contribution in [0.5, 0.6) is 0 Å². The Hall–Kier alpha value is -4.16. The molecule has 0 saturated carbocycles. The predicted molar refractivity (Wildman–Crippen MR) is 111 cm³/mol. The maximum absolute atomic E-state index is 12.2. The third-order valence-electron chi connectivity index (χ3n) is 3.90. The molecular formula is C19H21BN4O8. The number of carbonyl (C=O) groups excluding carboxylic acids is 4. The van der Waals surface area contributed by atoms with Crippen molar-refractivity contribution in [2.75, 3.05) is 6.54 Å². The molecule has 0 aliphatic carbocycles. The van der Waals surface area contributed by atoms with Gasteiger partial charge in [0.05, 0.1) is 12.5 Å². The first kappa shape index (κ1) is 25.9. The number of benzene rings is 1. The van der Waals surface area contributed by atoms with Crippen molar-refractivity contribution in [3.63, 3.8) is 0 Å². The van der Waals surface area contributed by atoms with E-state index in [9.17, 15) is 28.8 Å². The Morgan fingerprint density at radius 2 is 1.66 bits per heavy atom. The second kappa shape index (κ2) is 12.5. The zero-order valence-electron chi connectivity index (χ0n) is 16.7. The van der Waals surface area contributed by atoms with E-state index in [1.807, 2.05) is 5.32 Å². The highest BCUT2D eigenvalue weighted by Gasteiger charge is 2.24. The minimum atomic E-state index is -1.53. The van der Waals surface area contributed by atoms with E-state index in [1.54, 1.807) is 0 Å². The fraction of sp³-hybridized carbons (Fsp3) is 0.263. The Bertz CT molecular complexity index is 916. The van der Waals surface area contributed by atoms with E-state index in [1.165, 1.54) is 30.3 Å². The summed E-state index contributed by atoms with van der Waals surface area (Å²) in [7, 11) is 5.32. The van der Waals surface area contributed by atoms with Gasteiger partial charge in [-0.25, -0.2) is 4.79 Å². The molecule has 1 aromatic rings. The minimum Gasteiger partial charge on any atom is -0.481 e.